The number of anilines is 1. The molecule has 0 aliphatic carbocycles. The molecule has 4 amide bonds. The minimum atomic E-state index is -1.06. The van der Waals surface area contributed by atoms with Gasteiger partial charge in [0.15, 0.2) is 6.10 Å². The SMILES string of the molecule is C[C@@H](OC(=O)c1ccc(N2CCCC2=O)cc1)C(=O)N1CCNC1=O. The van der Waals surface area contributed by atoms with Gasteiger partial charge in [0.1, 0.15) is 0 Å². The topological polar surface area (TPSA) is 96.0 Å². The quantitative estimate of drug-likeness (QED) is 0.818. The first-order valence-corrected chi connectivity index (χ1v) is 8.18. The number of amides is 4. The molecule has 132 valence electrons. The molecule has 3 rings (SSSR count). The number of hydrogen-bond donors (Lipinski definition) is 1. The Morgan fingerprint density at radius 2 is 1.88 bits per heavy atom. The summed E-state index contributed by atoms with van der Waals surface area (Å²) in [4.78, 5) is 50.2. The number of urea groups is 1. The predicted octanol–water partition coefficient (Wildman–Crippen LogP) is 0.910. The van der Waals surface area contributed by atoms with Crippen LogP contribution in [-0.4, -0.2) is 54.5 Å². The van der Waals surface area contributed by atoms with Crippen molar-refractivity contribution in [3.63, 3.8) is 0 Å². The summed E-state index contributed by atoms with van der Waals surface area (Å²) >= 11 is 0. The Hall–Kier alpha value is -2.90. The van der Waals surface area contributed by atoms with Crippen molar-refractivity contribution in [2.75, 3.05) is 24.5 Å². The Bertz CT molecular complexity index is 715. The number of esters is 1. The van der Waals surface area contributed by atoms with Crippen molar-refractivity contribution in [3.8, 4) is 0 Å². The zero-order valence-corrected chi connectivity index (χ0v) is 13.9. The molecule has 2 heterocycles. The molecule has 0 saturated carbocycles. The average Bonchev–Trinajstić information content (AvgIpc) is 3.22. The van der Waals surface area contributed by atoms with Crippen LogP contribution in [0.15, 0.2) is 24.3 Å². The number of hydrogen-bond acceptors (Lipinski definition) is 5. The molecule has 2 aliphatic heterocycles. The highest BCUT2D eigenvalue weighted by Gasteiger charge is 2.31. The summed E-state index contributed by atoms with van der Waals surface area (Å²) in [6, 6.07) is 6.00. The second-order valence-corrected chi connectivity index (χ2v) is 5.97. The number of ether oxygens (including phenoxy) is 1. The molecule has 2 fully saturated rings. The van der Waals surface area contributed by atoms with Crippen molar-refractivity contribution in [2.24, 2.45) is 0 Å². The van der Waals surface area contributed by atoms with Crippen LogP contribution in [-0.2, 0) is 14.3 Å². The van der Waals surface area contributed by atoms with Gasteiger partial charge in [-0.15, -0.1) is 0 Å². The summed E-state index contributed by atoms with van der Waals surface area (Å²) in [6.07, 6.45) is 0.302. The van der Waals surface area contributed by atoms with E-state index < -0.39 is 24.0 Å². The molecule has 0 aromatic heterocycles. The van der Waals surface area contributed by atoms with E-state index in [1.807, 2.05) is 0 Å². The van der Waals surface area contributed by atoms with Gasteiger partial charge in [-0.2, -0.15) is 0 Å². The molecular weight excluding hydrogens is 326 g/mol. The Morgan fingerprint density at radius 3 is 2.44 bits per heavy atom. The van der Waals surface area contributed by atoms with E-state index in [0.717, 1.165) is 17.0 Å². The van der Waals surface area contributed by atoms with E-state index in [1.165, 1.54) is 6.92 Å². The fourth-order valence-corrected chi connectivity index (χ4v) is 2.88. The van der Waals surface area contributed by atoms with E-state index in [4.69, 9.17) is 4.74 Å². The van der Waals surface area contributed by atoms with E-state index in [-0.39, 0.29) is 18.0 Å². The van der Waals surface area contributed by atoms with Crippen LogP contribution in [0.4, 0.5) is 10.5 Å². The average molecular weight is 345 g/mol. The van der Waals surface area contributed by atoms with Crippen molar-refractivity contribution in [3.05, 3.63) is 29.8 Å². The van der Waals surface area contributed by atoms with Gasteiger partial charge in [0, 0.05) is 31.7 Å². The number of benzene rings is 1. The van der Waals surface area contributed by atoms with E-state index >= 15 is 0 Å². The maximum atomic E-state index is 12.2. The van der Waals surface area contributed by atoms with Crippen molar-refractivity contribution in [2.45, 2.75) is 25.9 Å². The highest BCUT2D eigenvalue weighted by molar-refractivity contribution is 6.00. The van der Waals surface area contributed by atoms with Crippen LogP contribution in [0.5, 0.6) is 0 Å². The molecule has 1 aromatic rings. The molecule has 8 nitrogen and oxygen atoms in total. The number of nitrogens with zero attached hydrogens (tertiary/aromatic N) is 2. The van der Waals surface area contributed by atoms with Crippen molar-refractivity contribution in [1.29, 1.82) is 0 Å². The third-order valence-electron chi connectivity index (χ3n) is 4.24. The zero-order valence-electron chi connectivity index (χ0n) is 13.9. The van der Waals surface area contributed by atoms with E-state index in [9.17, 15) is 19.2 Å². The van der Waals surface area contributed by atoms with Gasteiger partial charge < -0.3 is 15.0 Å². The molecular formula is C17H19N3O5. The first-order valence-electron chi connectivity index (χ1n) is 8.18. The lowest BCUT2D eigenvalue weighted by Gasteiger charge is -2.18. The Balaban J connectivity index is 1.62. The van der Waals surface area contributed by atoms with Gasteiger partial charge in [-0.3, -0.25) is 14.5 Å². The maximum Gasteiger partial charge on any atom is 0.338 e. The highest BCUT2D eigenvalue weighted by atomic mass is 16.5. The molecule has 0 bridgehead atoms. The van der Waals surface area contributed by atoms with E-state index in [2.05, 4.69) is 5.32 Å². The highest BCUT2D eigenvalue weighted by Crippen LogP contribution is 2.22. The summed E-state index contributed by atoms with van der Waals surface area (Å²) in [5.41, 5.74) is 1.01. The summed E-state index contributed by atoms with van der Waals surface area (Å²) in [6.45, 7) is 2.76. The molecule has 25 heavy (non-hydrogen) atoms. The number of nitrogens with one attached hydrogen (secondary N) is 1. The predicted molar refractivity (Wildman–Crippen MR) is 88.0 cm³/mol. The summed E-state index contributed by atoms with van der Waals surface area (Å²) < 4.78 is 5.15. The molecule has 1 aromatic carbocycles. The Kier molecular flexibility index (Phi) is 4.69. The van der Waals surface area contributed by atoms with Gasteiger partial charge in [-0.25, -0.2) is 9.59 Å². The Labute approximate surface area is 144 Å². The van der Waals surface area contributed by atoms with Crippen LogP contribution < -0.4 is 10.2 Å². The third kappa shape index (κ3) is 3.47. The van der Waals surface area contributed by atoms with Crippen LogP contribution in [0.3, 0.4) is 0 Å². The fraction of sp³-hybridized carbons (Fsp3) is 0.412. The fourth-order valence-electron chi connectivity index (χ4n) is 2.88. The van der Waals surface area contributed by atoms with Crippen LogP contribution in [0.25, 0.3) is 0 Å². The third-order valence-corrected chi connectivity index (χ3v) is 4.24. The van der Waals surface area contributed by atoms with Crippen molar-refractivity contribution < 1.29 is 23.9 Å². The molecule has 0 spiro atoms. The smallest absolute Gasteiger partial charge is 0.338 e. The van der Waals surface area contributed by atoms with Crippen molar-refractivity contribution in [1.82, 2.24) is 10.2 Å². The van der Waals surface area contributed by atoms with E-state index in [1.54, 1.807) is 29.2 Å². The van der Waals surface area contributed by atoms with Gasteiger partial charge in [0.25, 0.3) is 5.91 Å². The summed E-state index contributed by atoms with van der Waals surface area (Å²) in [5, 5.41) is 2.52. The van der Waals surface area contributed by atoms with Crippen LogP contribution in [0.1, 0.15) is 30.1 Å². The standard InChI is InChI=1S/C17H19N3O5/c1-11(15(22)20-10-8-18-17(20)24)25-16(23)12-4-6-13(7-5-12)19-9-2-3-14(19)21/h4-7,11H,2-3,8-10H2,1H3,(H,18,24)/t11-/m1/s1. The minimum absolute atomic E-state index is 0.0680. The first kappa shape index (κ1) is 16.9. The first-order chi connectivity index (χ1) is 12.0. The van der Waals surface area contributed by atoms with Crippen LogP contribution in [0.2, 0.25) is 0 Å². The number of carbonyl (C=O) groups excluding carboxylic acids is 4. The van der Waals surface area contributed by atoms with Crippen LogP contribution in [0, 0.1) is 0 Å². The van der Waals surface area contributed by atoms with Gasteiger partial charge >= 0.3 is 12.0 Å². The van der Waals surface area contributed by atoms with Gasteiger partial charge in [-0.1, -0.05) is 0 Å². The van der Waals surface area contributed by atoms with Crippen LogP contribution >= 0.6 is 0 Å². The monoisotopic (exact) mass is 345 g/mol. The lowest BCUT2D eigenvalue weighted by molar-refractivity contribution is -0.136. The van der Waals surface area contributed by atoms with Gasteiger partial charge in [0.2, 0.25) is 5.91 Å². The molecule has 1 N–H and O–H groups in total. The normalized spacial score (nSPS) is 18.3. The number of rotatable bonds is 4. The molecule has 2 aliphatic rings. The second-order valence-electron chi connectivity index (χ2n) is 5.97. The molecule has 1 atom stereocenters. The van der Waals surface area contributed by atoms with Gasteiger partial charge in [0.05, 0.1) is 5.56 Å². The summed E-state index contributed by atoms with van der Waals surface area (Å²) in [5.74, 6) is -1.14. The zero-order chi connectivity index (χ0) is 18.0. The molecule has 0 radical (unpaired) electrons. The maximum absolute atomic E-state index is 12.2. The second kappa shape index (κ2) is 6.92. The number of imide groups is 1. The molecule has 0 unspecified atom stereocenters. The molecule has 2 saturated heterocycles. The minimum Gasteiger partial charge on any atom is -0.449 e. The lowest BCUT2D eigenvalue weighted by Crippen LogP contribution is -2.41. The Morgan fingerprint density at radius 1 is 1.16 bits per heavy atom. The van der Waals surface area contributed by atoms with Gasteiger partial charge in [-0.05, 0) is 37.6 Å². The summed E-state index contributed by atoms with van der Waals surface area (Å²) in [7, 11) is 0. The molecule has 8 heteroatoms. The lowest BCUT2D eigenvalue weighted by atomic mass is 10.2. The number of carbonyl (C=O) groups is 4. The van der Waals surface area contributed by atoms with E-state index in [0.29, 0.717) is 19.5 Å². The van der Waals surface area contributed by atoms with Crippen molar-refractivity contribution >= 4 is 29.5 Å². The largest absolute Gasteiger partial charge is 0.449 e.